The summed E-state index contributed by atoms with van der Waals surface area (Å²) in [4.78, 5) is 24.8. The molecule has 0 aromatic heterocycles. The molecule has 0 aromatic rings. The summed E-state index contributed by atoms with van der Waals surface area (Å²) in [5, 5.41) is 5.49. The molecule has 5 heteroatoms. The summed E-state index contributed by atoms with van der Waals surface area (Å²) in [5.74, 6) is 0.567. The van der Waals surface area contributed by atoms with E-state index in [1.54, 1.807) is 0 Å². The second kappa shape index (κ2) is 7.14. The van der Waals surface area contributed by atoms with Gasteiger partial charge in [0.2, 0.25) is 5.91 Å². The van der Waals surface area contributed by atoms with Gasteiger partial charge in [-0.2, -0.15) is 0 Å². The van der Waals surface area contributed by atoms with E-state index in [2.05, 4.69) is 17.6 Å². The molecule has 2 N–H and O–H groups in total. The quantitative estimate of drug-likeness (QED) is 0.770. The Morgan fingerprint density at radius 3 is 2.76 bits per heavy atom. The van der Waals surface area contributed by atoms with Gasteiger partial charge in [-0.1, -0.05) is 6.92 Å². The van der Waals surface area contributed by atoms with E-state index in [1.165, 1.54) is 6.42 Å². The highest BCUT2D eigenvalue weighted by Gasteiger charge is 2.20. The highest BCUT2D eigenvalue weighted by Crippen LogP contribution is 2.14. The van der Waals surface area contributed by atoms with Crippen molar-refractivity contribution in [3.05, 3.63) is 0 Å². The van der Waals surface area contributed by atoms with Crippen molar-refractivity contribution in [3.63, 3.8) is 0 Å². The second-order valence-corrected chi connectivity index (χ2v) is 4.63. The zero-order valence-corrected chi connectivity index (χ0v) is 10.8. The highest BCUT2D eigenvalue weighted by atomic mass is 16.2. The molecule has 1 aliphatic rings. The van der Waals surface area contributed by atoms with Crippen LogP contribution in [-0.2, 0) is 4.79 Å². The first-order valence-electron chi connectivity index (χ1n) is 6.43. The van der Waals surface area contributed by atoms with Crippen LogP contribution in [0.2, 0.25) is 0 Å². The monoisotopic (exact) mass is 241 g/mol. The number of rotatable bonds is 4. The van der Waals surface area contributed by atoms with E-state index in [4.69, 9.17) is 0 Å². The Morgan fingerprint density at radius 1 is 1.35 bits per heavy atom. The third kappa shape index (κ3) is 5.06. The number of urea groups is 1. The predicted molar refractivity (Wildman–Crippen MR) is 66.7 cm³/mol. The number of hydrogen-bond acceptors (Lipinski definition) is 2. The molecule has 1 rings (SSSR count). The van der Waals surface area contributed by atoms with Gasteiger partial charge < -0.3 is 15.5 Å². The lowest BCUT2D eigenvalue weighted by Gasteiger charge is -2.30. The average Bonchev–Trinajstić information content (AvgIpc) is 2.29. The lowest BCUT2D eigenvalue weighted by atomic mass is 10.0. The summed E-state index contributed by atoms with van der Waals surface area (Å²) in [6.07, 6.45) is 2.62. The Labute approximate surface area is 103 Å². The van der Waals surface area contributed by atoms with Crippen molar-refractivity contribution in [2.75, 3.05) is 26.2 Å². The Hall–Kier alpha value is -1.26. The topological polar surface area (TPSA) is 61.4 Å². The number of amides is 3. The molecule has 1 atom stereocenters. The molecule has 1 unspecified atom stereocenters. The molecule has 1 fully saturated rings. The van der Waals surface area contributed by atoms with E-state index < -0.39 is 0 Å². The standard InChI is InChI=1S/C12H23N3O2/c1-3-13-11(16)6-7-14-12(17)15-8-4-5-10(2)9-15/h10H,3-9H2,1-2H3,(H,13,16)(H,14,17). The molecule has 1 heterocycles. The summed E-state index contributed by atoms with van der Waals surface area (Å²) in [5.41, 5.74) is 0. The smallest absolute Gasteiger partial charge is 0.317 e. The largest absolute Gasteiger partial charge is 0.356 e. The average molecular weight is 241 g/mol. The van der Waals surface area contributed by atoms with Crippen molar-refractivity contribution in [2.45, 2.75) is 33.1 Å². The van der Waals surface area contributed by atoms with Gasteiger partial charge in [-0.15, -0.1) is 0 Å². The first-order valence-corrected chi connectivity index (χ1v) is 6.43. The highest BCUT2D eigenvalue weighted by molar-refractivity contribution is 5.78. The molecular weight excluding hydrogens is 218 g/mol. The lowest BCUT2D eigenvalue weighted by molar-refractivity contribution is -0.120. The molecule has 98 valence electrons. The maximum absolute atomic E-state index is 11.8. The zero-order chi connectivity index (χ0) is 12.7. The number of hydrogen-bond donors (Lipinski definition) is 2. The Balaban J connectivity index is 2.18. The molecule has 0 aromatic carbocycles. The molecule has 1 saturated heterocycles. The van der Waals surface area contributed by atoms with Gasteiger partial charge in [0.15, 0.2) is 0 Å². The van der Waals surface area contributed by atoms with Crippen LogP contribution in [0.1, 0.15) is 33.1 Å². The third-order valence-corrected chi connectivity index (χ3v) is 2.95. The molecule has 3 amide bonds. The summed E-state index contributed by atoms with van der Waals surface area (Å²) >= 11 is 0. The van der Waals surface area contributed by atoms with Gasteiger partial charge in [0, 0.05) is 32.6 Å². The fourth-order valence-electron chi connectivity index (χ4n) is 2.05. The lowest BCUT2D eigenvalue weighted by Crippen LogP contribution is -2.45. The minimum atomic E-state index is -0.0409. The number of piperidine rings is 1. The fourth-order valence-corrected chi connectivity index (χ4v) is 2.05. The third-order valence-electron chi connectivity index (χ3n) is 2.95. The van der Waals surface area contributed by atoms with Gasteiger partial charge in [0.25, 0.3) is 0 Å². The molecular formula is C12H23N3O2. The number of nitrogens with zero attached hydrogens (tertiary/aromatic N) is 1. The molecule has 0 aliphatic carbocycles. The van der Waals surface area contributed by atoms with E-state index in [-0.39, 0.29) is 11.9 Å². The van der Waals surface area contributed by atoms with Crippen LogP contribution in [0.5, 0.6) is 0 Å². The van der Waals surface area contributed by atoms with Crippen molar-refractivity contribution in [2.24, 2.45) is 5.92 Å². The van der Waals surface area contributed by atoms with Gasteiger partial charge >= 0.3 is 6.03 Å². The number of nitrogens with one attached hydrogen (secondary N) is 2. The van der Waals surface area contributed by atoms with Crippen LogP contribution in [0.15, 0.2) is 0 Å². The first-order chi connectivity index (χ1) is 8.13. The van der Waals surface area contributed by atoms with Crippen LogP contribution in [0.3, 0.4) is 0 Å². The Bertz CT molecular complexity index is 268. The van der Waals surface area contributed by atoms with Gasteiger partial charge in [0.1, 0.15) is 0 Å². The van der Waals surface area contributed by atoms with Crippen molar-refractivity contribution in [3.8, 4) is 0 Å². The van der Waals surface area contributed by atoms with Crippen molar-refractivity contribution in [1.29, 1.82) is 0 Å². The SMILES string of the molecule is CCNC(=O)CCNC(=O)N1CCCC(C)C1. The molecule has 5 nitrogen and oxygen atoms in total. The molecule has 0 radical (unpaired) electrons. The van der Waals surface area contributed by atoms with Crippen LogP contribution in [0.4, 0.5) is 4.79 Å². The van der Waals surface area contributed by atoms with Crippen LogP contribution in [-0.4, -0.2) is 43.0 Å². The maximum Gasteiger partial charge on any atom is 0.317 e. The van der Waals surface area contributed by atoms with Gasteiger partial charge in [-0.3, -0.25) is 4.79 Å². The summed E-state index contributed by atoms with van der Waals surface area (Å²) in [6, 6.07) is -0.0409. The van der Waals surface area contributed by atoms with Crippen LogP contribution >= 0.6 is 0 Å². The Morgan fingerprint density at radius 2 is 2.12 bits per heavy atom. The van der Waals surface area contributed by atoms with E-state index in [0.717, 1.165) is 19.5 Å². The number of carbonyl (C=O) groups is 2. The minimum Gasteiger partial charge on any atom is -0.356 e. The molecule has 0 spiro atoms. The summed E-state index contributed by atoms with van der Waals surface area (Å²) in [6.45, 7) is 6.75. The van der Waals surface area contributed by atoms with Crippen molar-refractivity contribution in [1.82, 2.24) is 15.5 Å². The van der Waals surface area contributed by atoms with E-state index >= 15 is 0 Å². The van der Waals surface area contributed by atoms with E-state index in [9.17, 15) is 9.59 Å². The fraction of sp³-hybridized carbons (Fsp3) is 0.833. The van der Waals surface area contributed by atoms with E-state index in [0.29, 0.717) is 25.4 Å². The van der Waals surface area contributed by atoms with Gasteiger partial charge in [-0.05, 0) is 25.7 Å². The predicted octanol–water partition coefficient (Wildman–Crippen LogP) is 0.954. The second-order valence-electron chi connectivity index (χ2n) is 4.63. The van der Waals surface area contributed by atoms with Crippen molar-refractivity contribution >= 4 is 11.9 Å². The summed E-state index contributed by atoms with van der Waals surface area (Å²) < 4.78 is 0. The molecule has 1 aliphatic heterocycles. The number of carbonyl (C=O) groups excluding carboxylic acids is 2. The van der Waals surface area contributed by atoms with E-state index in [1.807, 2.05) is 11.8 Å². The Kier molecular flexibility index (Phi) is 5.80. The summed E-state index contributed by atoms with van der Waals surface area (Å²) in [7, 11) is 0. The van der Waals surface area contributed by atoms with Crippen LogP contribution < -0.4 is 10.6 Å². The molecule has 17 heavy (non-hydrogen) atoms. The number of likely N-dealkylation sites (tertiary alicyclic amines) is 1. The molecule has 0 bridgehead atoms. The van der Waals surface area contributed by atoms with Crippen LogP contribution in [0.25, 0.3) is 0 Å². The maximum atomic E-state index is 11.8. The molecule has 0 saturated carbocycles. The van der Waals surface area contributed by atoms with Crippen LogP contribution in [0, 0.1) is 5.92 Å². The minimum absolute atomic E-state index is 0.0141. The van der Waals surface area contributed by atoms with Gasteiger partial charge in [-0.25, -0.2) is 4.79 Å². The zero-order valence-electron chi connectivity index (χ0n) is 10.8. The first kappa shape index (κ1) is 13.8. The van der Waals surface area contributed by atoms with Gasteiger partial charge in [0.05, 0.1) is 0 Å². The van der Waals surface area contributed by atoms with Crippen molar-refractivity contribution < 1.29 is 9.59 Å². The normalized spacial score (nSPS) is 19.9.